The summed E-state index contributed by atoms with van der Waals surface area (Å²) >= 11 is 0. The Morgan fingerprint density at radius 2 is 1.93 bits per heavy atom. The Bertz CT molecular complexity index is 427. The third-order valence-corrected chi connectivity index (χ3v) is 2.28. The van der Waals surface area contributed by atoms with Gasteiger partial charge in [-0.25, -0.2) is 0 Å². The average Bonchev–Trinajstić information content (AvgIpc) is 2.46. The Labute approximate surface area is 113 Å². The number of hydrogen-bond acceptors (Lipinski definition) is 2. The summed E-state index contributed by atoms with van der Waals surface area (Å²) in [5, 5.41) is 4.31. The van der Waals surface area contributed by atoms with Crippen LogP contribution in [0.4, 0.5) is 0 Å². The van der Waals surface area contributed by atoms with Crippen LogP contribution >= 0.6 is 0 Å². The van der Waals surface area contributed by atoms with E-state index in [1.54, 1.807) is 0 Å². The normalized spacial score (nSPS) is 9.47. The smallest absolute Gasteiger partial charge is 1.00 e. The first kappa shape index (κ1) is 14.8. The predicted molar refractivity (Wildman–Crippen MR) is 59.5 cm³/mol. The number of furan rings is 1. The maximum absolute atomic E-state index is 5.68. The van der Waals surface area contributed by atoms with Gasteiger partial charge in [-0.15, -0.1) is 0 Å². The van der Waals surface area contributed by atoms with Gasteiger partial charge >= 0.3 is 18.9 Å². The summed E-state index contributed by atoms with van der Waals surface area (Å²) in [5.74, 6) is 1.03. The van der Waals surface area contributed by atoms with E-state index in [-0.39, 0.29) is 36.2 Å². The van der Waals surface area contributed by atoms with Crippen LogP contribution in [0.1, 0.15) is 11.3 Å². The van der Waals surface area contributed by atoms with Gasteiger partial charge in [-0.3, -0.25) is 0 Å². The van der Waals surface area contributed by atoms with Gasteiger partial charge in [0.05, 0.1) is 6.54 Å². The van der Waals surface area contributed by atoms with Crippen molar-refractivity contribution >= 4 is 28.3 Å². The predicted octanol–water partition coefficient (Wildman–Crippen LogP) is -0.916. The molecule has 1 heterocycles. The molecule has 0 saturated heterocycles. The molecule has 0 spiro atoms. The fourth-order valence-electron chi connectivity index (χ4n) is 1.55. The van der Waals surface area contributed by atoms with Crippen molar-refractivity contribution in [1.82, 2.24) is 5.32 Å². The molecule has 4 radical (unpaired) electrons. The Hall–Kier alpha value is -0.150. The number of rotatable bonds is 2. The van der Waals surface area contributed by atoms with E-state index in [0.29, 0.717) is 0 Å². The molecule has 1 N–H and O–H groups in total. The van der Waals surface area contributed by atoms with Crippen LogP contribution < -0.4 is 24.2 Å². The van der Waals surface area contributed by atoms with Crippen molar-refractivity contribution in [2.75, 3.05) is 7.05 Å². The zero-order valence-electron chi connectivity index (χ0n) is 9.50. The van der Waals surface area contributed by atoms with Crippen molar-refractivity contribution in [3.63, 3.8) is 0 Å². The van der Waals surface area contributed by atoms with Gasteiger partial charge in [0, 0.05) is 5.39 Å². The Morgan fingerprint density at radius 3 is 2.53 bits per heavy atom. The average molecular weight is 209 g/mol. The standard InChI is InChI=1S/C11H13NO.Al.Li/c1-8-9-5-3-4-6-10(9)13-11(8)7-12-2;;/h3-6,12H,7H2,1-2H3;;/q;-1;+1. The second kappa shape index (κ2) is 6.44. The zero-order chi connectivity index (χ0) is 9.26. The maximum atomic E-state index is 5.68. The molecule has 0 aliphatic rings. The Kier molecular flexibility index (Phi) is 6.37. The van der Waals surface area contributed by atoms with Crippen LogP contribution in [0.3, 0.4) is 0 Å². The monoisotopic (exact) mass is 209 g/mol. The maximum Gasteiger partial charge on any atom is 1.00 e. The van der Waals surface area contributed by atoms with Crippen LogP contribution in [0.15, 0.2) is 28.7 Å². The van der Waals surface area contributed by atoms with Crippen LogP contribution in [-0.4, -0.2) is 24.4 Å². The molecule has 2 nitrogen and oxygen atoms in total. The summed E-state index contributed by atoms with van der Waals surface area (Å²) in [6, 6.07) is 8.12. The molecule has 0 amide bonds. The summed E-state index contributed by atoms with van der Waals surface area (Å²) in [6.07, 6.45) is 0. The van der Waals surface area contributed by atoms with E-state index >= 15 is 0 Å². The molecule has 0 aliphatic heterocycles. The number of fused-ring (bicyclic) bond motifs is 1. The van der Waals surface area contributed by atoms with Crippen molar-refractivity contribution < 1.29 is 23.3 Å². The van der Waals surface area contributed by atoms with Gasteiger partial charge in [0.2, 0.25) is 0 Å². The molecule has 1 aromatic carbocycles. The fraction of sp³-hybridized carbons (Fsp3) is 0.273. The van der Waals surface area contributed by atoms with Crippen LogP contribution in [0.25, 0.3) is 11.0 Å². The van der Waals surface area contributed by atoms with E-state index < -0.39 is 0 Å². The van der Waals surface area contributed by atoms with Crippen LogP contribution in [0.2, 0.25) is 0 Å². The van der Waals surface area contributed by atoms with E-state index in [1.165, 1.54) is 10.9 Å². The minimum atomic E-state index is 0. The van der Waals surface area contributed by atoms with Crippen molar-refractivity contribution in [1.29, 1.82) is 0 Å². The molecule has 2 aromatic rings. The molecule has 1 aromatic heterocycles. The number of aryl methyl sites for hydroxylation is 1. The molecule has 2 rings (SSSR count). The van der Waals surface area contributed by atoms with Gasteiger partial charge in [-0.2, -0.15) is 0 Å². The SMILES string of the molecule is CNCc1oc2ccccc2c1C.[Al-].[Li+]. The molecule has 0 unspecified atom stereocenters. The third-order valence-electron chi connectivity index (χ3n) is 2.28. The van der Waals surface area contributed by atoms with Crippen molar-refractivity contribution in [2.24, 2.45) is 0 Å². The number of para-hydroxylation sites is 1. The minimum Gasteiger partial charge on any atom is -1.00 e. The van der Waals surface area contributed by atoms with E-state index in [4.69, 9.17) is 4.42 Å². The second-order valence-corrected chi connectivity index (χ2v) is 3.18. The van der Waals surface area contributed by atoms with Crippen LogP contribution in [0, 0.1) is 6.92 Å². The summed E-state index contributed by atoms with van der Waals surface area (Å²) < 4.78 is 5.68. The van der Waals surface area contributed by atoms with E-state index in [9.17, 15) is 0 Å². The molecule has 15 heavy (non-hydrogen) atoms. The summed E-state index contributed by atoms with van der Waals surface area (Å²) in [4.78, 5) is 0. The molecule has 0 saturated carbocycles. The number of benzene rings is 1. The molecule has 0 atom stereocenters. The topological polar surface area (TPSA) is 25.2 Å². The van der Waals surface area contributed by atoms with E-state index in [1.807, 2.05) is 25.2 Å². The van der Waals surface area contributed by atoms with Crippen molar-refractivity contribution in [3.05, 3.63) is 35.6 Å². The van der Waals surface area contributed by atoms with E-state index in [2.05, 4.69) is 18.3 Å². The summed E-state index contributed by atoms with van der Waals surface area (Å²) in [7, 11) is 1.92. The van der Waals surface area contributed by atoms with Gasteiger partial charge in [0.1, 0.15) is 11.3 Å². The van der Waals surface area contributed by atoms with Gasteiger partial charge in [0.15, 0.2) is 0 Å². The summed E-state index contributed by atoms with van der Waals surface area (Å²) in [5.41, 5.74) is 2.22. The zero-order valence-corrected chi connectivity index (χ0v) is 10.7. The molecule has 4 heteroatoms. The molecule has 0 bridgehead atoms. The van der Waals surface area contributed by atoms with Crippen LogP contribution in [0.5, 0.6) is 0 Å². The quantitative estimate of drug-likeness (QED) is 0.647. The van der Waals surface area contributed by atoms with Gasteiger partial charge in [0.25, 0.3) is 0 Å². The molecular weight excluding hydrogens is 196 g/mol. The first-order valence-corrected chi connectivity index (χ1v) is 4.44. The number of hydrogen-bond donors (Lipinski definition) is 1. The third kappa shape index (κ3) is 2.91. The van der Waals surface area contributed by atoms with Crippen molar-refractivity contribution in [2.45, 2.75) is 13.5 Å². The molecule has 0 fully saturated rings. The minimum absolute atomic E-state index is 0. The Morgan fingerprint density at radius 1 is 1.27 bits per heavy atom. The Balaban J connectivity index is 0.000000980. The van der Waals surface area contributed by atoms with Gasteiger partial charge in [-0.05, 0) is 25.6 Å². The van der Waals surface area contributed by atoms with Crippen LogP contribution in [-0.2, 0) is 6.54 Å². The molecular formula is C11H13AlLiNO. The fourth-order valence-corrected chi connectivity index (χ4v) is 1.55. The van der Waals surface area contributed by atoms with Crippen molar-refractivity contribution in [3.8, 4) is 0 Å². The first-order valence-electron chi connectivity index (χ1n) is 4.44. The largest absolute Gasteiger partial charge is 1.00 e. The first-order chi connectivity index (χ1) is 6.33. The second-order valence-electron chi connectivity index (χ2n) is 3.18. The summed E-state index contributed by atoms with van der Waals surface area (Å²) in [6.45, 7) is 2.89. The van der Waals surface area contributed by atoms with E-state index in [0.717, 1.165) is 17.9 Å². The van der Waals surface area contributed by atoms with Gasteiger partial charge in [-0.1, -0.05) is 18.2 Å². The van der Waals surface area contributed by atoms with Gasteiger partial charge < -0.3 is 27.1 Å². The molecule has 0 aliphatic carbocycles. The number of nitrogens with one attached hydrogen (secondary N) is 1. The molecule has 72 valence electrons.